The molecule has 5 nitrogen and oxygen atoms in total. The lowest BCUT2D eigenvalue weighted by atomic mass is 9.98. The smallest absolute Gasteiger partial charge is 0.255 e. The summed E-state index contributed by atoms with van der Waals surface area (Å²) in [6.45, 7) is 0.774. The van der Waals surface area contributed by atoms with Crippen LogP contribution in [0.5, 0.6) is 5.75 Å². The van der Waals surface area contributed by atoms with Gasteiger partial charge in [-0.15, -0.1) is 0 Å². The molecule has 1 aliphatic rings. The molecule has 1 atom stereocenters. The van der Waals surface area contributed by atoms with Crippen molar-refractivity contribution in [2.24, 2.45) is 0 Å². The van der Waals surface area contributed by atoms with E-state index in [0.29, 0.717) is 34.9 Å². The van der Waals surface area contributed by atoms with Gasteiger partial charge in [0.2, 0.25) is 0 Å². The third-order valence-corrected chi connectivity index (χ3v) is 5.14. The maximum absolute atomic E-state index is 12.7. The summed E-state index contributed by atoms with van der Waals surface area (Å²) in [5, 5.41) is 6.55. The van der Waals surface area contributed by atoms with Crippen LogP contribution in [0.4, 0.5) is 0 Å². The van der Waals surface area contributed by atoms with Crippen molar-refractivity contribution < 1.29 is 14.3 Å². The number of Topliss-reactive ketones (excluding diaryl/α,β-unsaturated/α-hetero) is 1. The molecule has 2 aromatic rings. The lowest BCUT2D eigenvalue weighted by molar-refractivity contribution is -0.122. The van der Waals surface area contributed by atoms with E-state index in [2.05, 4.69) is 10.6 Å². The molecule has 1 amide bonds. The van der Waals surface area contributed by atoms with E-state index in [1.807, 2.05) is 18.2 Å². The number of ether oxygens (including phenoxy) is 1. The van der Waals surface area contributed by atoms with Crippen LogP contribution in [-0.2, 0) is 4.79 Å². The minimum Gasteiger partial charge on any atom is -0.497 e. The standard InChI is InChI=1S/C22H23ClN2O3/c1-28-17-11-9-15(10-12-17)21(23)19(14-18-20(26)8-5-13-24-18)25-22(27)16-6-3-2-4-7-16/h2-4,6-7,9-12,18,24H,5,8,13-14H2,1H3,(H,25,27)/b21-19-. The molecule has 0 spiro atoms. The zero-order chi connectivity index (χ0) is 19.9. The molecule has 0 aromatic heterocycles. The molecule has 0 saturated carbocycles. The molecular weight excluding hydrogens is 376 g/mol. The largest absolute Gasteiger partial charge is 0.497 e. The fraction of sp³-hybridized carbons (Fsp3) is 0.273. The van der Waals surface area contributed by atoms with Crippen LogP contribution in [0.1, 0.15) is 35.2 Å². The molecule has 28 heavy (non-hydrogen) atoms. The quantitative estimate of drug-likeness (QED) is 0.777. The molecule has 3 rings (SSSR count). The number of piperidine rings is 1. The minimum atomic E-state index is -0.355. The molecule has 1 aliphatic heterocycles. The van der Waals surface area contributed by atoms with Gasteiger partial charge in [0.1, 0.15) is 11.5 Å². The van der Waals surface area contributed by atoms with Gasteiger partial charge in [0, 0.05) is 24.1 Å². The van der Waals surface area contributed by atoms with Gasteiger partial charge >= 0.3 is 0 Å². The second-order valence-corrected chi connectivity index (χ2v) is 7.00. The van der Waals surface area contributed by atoms with Crippen LogP contribution in [-0.4, -0.2) is 31.4 Å². The SMILES string of the molecule is COc1ccc(/C(Cl)=C(\CC2NCCCC2=O)NC(=O)c2ccccc2)cc1. The van der Waals surface area contributed by atoms with Gasteiger partial charge in [-0.25, -0.2) is 0 Å². The monoisotopic (exact) mass is 398 g/mol. The van der Waals surface area contributed by atoms with Crippen molar-refractivity contribution in [3.05, 3.63) is 71.4 Å². The van der Waals surface area contributed by atoms with Crippen molar-refractivity contribution in [3.63, 3.8) is 0 Å². The summed E-state index contributed by atoms with van der Waals surface area (Å²) in [4.78, 5) is 25.0. The maximum Gasteiger partial charge on any atom is 0.255 e. The van der Waals surface area contributed by atoms with Crippen molar-refractivity contribution in [2.45, 2.75) is 25.3 Å². The van der Waals surface area contributed by atoms with Gasteiger partial charge in [0.25, 0.3) is 5.91 Å². The van der Waals surface area contributed by atoms with Crippen LogP contribution in [0.3, 0.4) is 0 Å². The predicted octanol–water partition coefficient (Wildman–Crippen LogP) is 3.74. The highest BCUT2D eigenvalue weighted by atomic mass is 35.5. The third-order valence-electron chi connectivity index (χ3n) is 4.70. The number of methoxy groups -OCH3 is 1. The zero-order valence-electron chi connectivity index (χ0n) is 15.7. The molecule has 6 heteroatoms. The summed E-state index contributed by atoms with van der Waals surface area (Å²) < 4.78 is 5.18. The van der Waals surface area contributed by atoms with Crippen molar-refractivity contribution in [1.29, 1.82) is 0 Å². The Morgan fingerprint density at radius 3 is 2.50 bits per heavy atom. The molecule has 0 aliphatic carbocycles. The number of rotatable bonds is 6. The number of benzene rings is 2. The number of hydrogen-bond acceptors (Lipinski definition) is 4. The predicted molar refractivity (Wildman–Crippen MR) is 110 cm³/mol. The first kappa shape index (κ1) is 20.1. The first-order valence-electron chi connectivity index (χ1n) is 9.24. The average molecular weight is 399 g/mol. The summed E-state index contributed by atoms with van der Waals surface area (Å²) in [7, 11) is 1.60. The molecule has 0 bridgehead atoms. The molecule has 2 N–H and O–H groups in total. The van der Waals surface area contributed by atoms with Gasteiger partial charge in [0.15, 0.2) is 0 Å². The number of hydrogen-bond donors (Lipinski definition) is 2. The molecule has 0 radical (unpaired) electrons. The summed E-state index contributed by atoms with van der Waals surface area (Å²) in [6, 6.07) is 15.8. The second-order valence-electron chi connectivity index (χ2n) is 6.62. The number of amides is 1. The topological polar surface area (TPSA) is 67.4 Å². The third kappa shape index (κ3) is 5.00. The normalized spacial score (nSPS) is 17.6. The molecular formula is C22H23ClN2O3. The van der Waals surface area contributed by atoms with Crippen molar-refractivity contribution in [1.82, 2.24) is 10.6 Å². The fourth-order valence-electron chi connectivity index (χ4n) is 3.12. The van der Waals surface area contributed by atoms with E-state index >= 15 is 0 Å². The molecule has 1 saturated heterocycles. The van der Waals surface area contributed by atoms with Crippen molar-refractivity contribution in [3.8, 4) is 5.75 Å². The molecule has 146 valence electrons. The summed E-state index contributed by atoms with van der Waals surface area (Å²) in [6.07, 6.45) is 1.69. The molecule has 1 fully saturated rings. The van der Waals surface area contributed by atoms with Crippen LogP contribution >= 0.6 is 11.6 Å². The number of nitrogens with one attached hydrogen (secondary N) is 2. The van der Waals surface area contributed by atoms with Gasteiger partial charge in [0.05, 0.1) is 18.2 Å². The Bertz CT molecular complexity index is 863. The van der Waals surface area contributed by atoms with Gasteiger partial charge < -0.3 is 15.4 Å². The van der Waals surface area contributed by atoms with Gasteiger partial charge in [-0.2, -0.15) is 0 Å². The van der Waals surface area contributed by atoms with Crippen LogP contribution in [0.25, 0.3) is 5.03 Å². The highest BCUT2D eigenvalue weighted by Crippen LogP contribution is 2.27. The highest BCUT2D eigenvalue weighted by Gasteiger charge is 2.25. The maximum atomic E-state index is 12.7. The van der Waals surface area contributed by atoms with E-state index in [1.54, 1.807) is 43.5 Å². The Morgan fingerprint density at radius 2 is 1.86 bits per heavy atom. The Kier molecular flexibility index (Phi) is 6.85. The fourth-order valence-corrected chi connectivity index (χ4v) is 3.37. The Balaban J connectivity index is 1.90. The van der Waals surface area contributed by atoms with Gasteiger partial charge in [-0.3, -0.25) is 9.59 Å². The van der Waals surface area contributed by atoms with E-state index in [0.717, 1.165) is 18.5 Å². The van der Waals surface area contributed by atoms with E-state index < -0.39 is 0 Å². The van der Waals surface area contributed by atoms with E-state index in [4.69, 9.17) is 16.3 Å². The summed E-state index contributed by atoms with van der Waals surface area (Å²) >= 11 is 6.65. The van der Waals surface area contributed by atoms with Crippen molar-refractivity contribution in [2.75, 3.05) is 13.7 Å². The highest BCUT2D eigenvalue weighted by molar-refractivity contribution is 6.49. The Morgan fingerprint density at radius 1 is 1.14 bits per heavy atom. The van der Waals surface area contributed by atoms with E-state index in [-0.39, 0.29) is 17.7 Å². The minimum absolute atomic E-state index is 0.136. The van der Waals surface area contributed by atoms with Gasteiger partial charge in [-0.05, 0) is 54.9 Å². The average Bonchev–Trinajstić information content (AvgIpc) is 2.75. The number of ketones is 1. The summed E-state index contributed by atoms with van der Waals surface area (Å²) in [5.74, 6) is 0.592. The van der Waals surface area contributed by atoms with Crippen LogP contribution in [0, 0.1) is 0 Å². The summed E-state index contributed by atoms with van der Waals surface area (Å²) in [5.41, 5.74) is 1.80. The lowest BCUT2D eigenvalue weighted by Gasteiger charge is -2.24. The molecule has 1 heterocycles. The second kappa shape index (κ2) is 9.53. The van der Waals surface area contributed by atoms with Crippen LogP contribution < -0.4 is 15.4 Å². The first-order chi connectivity index (χ1) is 13.6. The number of halogens is 1. The van der Waals surface area contributed by atoms with Crippen LogP contribution in [0.15, 0.2) is 60.3 Å². The van der Waals surface area contributed by atoms with Crippen molar-refractivity contribution >= 4 is 28.3 Å². The number of carbonyl (C=O) groups is 2. The molecule has 2 aromatic carbocycles. The van der Waals surface area contributed by atoms with Gasteiger partial charge in [-0.1, -0.05) is 29.8 Å². The lowest BCUT2D eigenvalue weighted by Crippen LogP contribution is -2.43. The van der Waals surface area contributed by atoms with E-state index in [1.165, 1.54) is 0 Å². The van der Waals surface area contributed by atoms with E-state index in [9.17, 15) is 9.59 Å². The Hall–Kier alpha value is -2.63. The Labute approximate surface area is 169 Å². The van der Waals surface area contributed by atoms with Crippen LogP contribution in [0.2, 0.25) is 0 Å². The number of carbonyl (C=O) groups excluding carboxylic acids is 2. The zero-order valence-corrected chi connectivity index (χ0v) is 16.5. The first-order valence-corrected chi connectivity index (χ1v) is 9.62. The molecule has 1 unspecified atom stereocenters.